The second-order valence-corrected chi connectivity index (χ2v) is 8.82. The highest BCUT2D eigenvalue weighted by molar-refractivity contribution is 9.10. The number of aliphatic hydroxyl groups is 1. The van der Waals surface area contributed by atoms with Crippen molar-refractivity contribution in [1.29, 1.82) is 0 Å². The SMILES string of the molecule is O=C(OCCOc1cccc(Br)c1)C12CC3CC(CC(O)(C3)C1)C2. The van der Waals surface area contributed by atoms with Crippen molar-refractivity contribution in [3.63, 3.8) is 0 Å². The van der Waals surface area contributed by atoms with Gasteiger partial charge in [-0.3, -0.25) is 4.79 Å². The van der Waals surface area contributed by atoms with Crippen molar-refractivity contribution in [2.24, 2.45) is 17.3 Å². The summed E-state index contributed by atoms with van der Waals surface area (Å²) in [5, 5.41) is 10.7. The van der Waals surface area contributed by atoms with Crippen molar-refractivity contribution in [2.45, 2.75) is 44.1 Å². The van der Waals surface area contributed by atoms with Crippen LogP contribution >= 0.6 is 15.9 Å². The number of carbonyl (C=O) groups excluding carboxylic acids is 1. The lowest BCUT2D eigenvalue weighted by Gasteiger charge is -2.58. The van der Waals surface area contributed by atoms with E-state index in [4.69, 9.17) is 9.47 Å². The van der Waals surface area contributed by atoms with E-state index in [2.05, 4.69) is 15.9 Å². The van der Waals surface area contributed by atoms with Crippen LogP contribution in [0.4, 0.5) is 0 Å². The molecule has 1 N–H and O–H groups in total. The smallest absolute Gasteiger partial charge is 0.312 e. The van der Waals surface area contributed by atoms with Gasteiger partial charge in [0.15, 0.2) is 0 Å². The Morgan fingerprint density at radius 2 is 1.96 bits per heavy atom. The molecule has 4 aliphatic rings. The van der Waals surface area contributed by atoms with Gasteiger partial charge in [0, 0.05) is 4.47 Å². The Hall–Kier alpha value is -1.07. The molecule has 0 amide bonds. The second kappa shape index (κ2) is 6.03. The minimum Gasteiger partial charge on any atom is -0.490 e. The van der Waals surface area contributed by atoms with Gasteiger partial charge < -0.3 is 14.6 Å². The maximum absolute atomic E-state index is 12.7. The number of hydrogen-bond acceptors (Lipinski definition) is 4. The fraction of sp³-hybridized carbons (Fsp3) is 0.632. The van der Waals surface area contributed by atoms with E-state index in [1.54, 1.807) is 0 Å². The number of benzene rings is 1. The molecule has 0 heterocycles. The van der Waals surface area contributed by atoms with Gasteiger partial charge in [0.2, 0.25) is 0 Å². The van der Waals surface area contributed by atoms with Crippen molar-refractivity contribution in [3.05, 3.63) is 28.7 Å². The third-order valence-electron chi connectivity index (χ3n) is 5.84. The van der Waals surface area contributed by atoms with E-state index < -0.39 is 11.0 Å². The third-order valence-corrected chi connectivity index (χ3v) is 6.34. The van der Waals surface area contributed by atoms with E-state index in [0.717, 1.165) is 35.9 Å². The molecular formula is C19H23BrO4. The lowest BCUT2D eigenvalue weighted by Crippen LogP contribution is -2.58. The Morgan fingerprint density at radius 1 is 1.21 bits per heavy atom. The van der Waals surface area contributed by atoms with Gasteiger partial charge in [0.05, 0.1) is 11.0 Å². The molecule has 2 unspecified atom stereocenters. The van der Waals surface area contributed by atoms with Crippen LogP contribution < -0.4 is 4.74 Å². The van der Waals surface area contributed by atoms with E-state index in [1.807, 2.05) is 24.3 Å². The lowest BCUT2D eigenvalue weighted by molar-refractivity contribution is -0.196. The number of hydrogen-bond donors (Lipinski definition) is 1. The summed E-state index contributed by atoms with van der Waals surface area (Å²) in [5.74, 6) is 1.60. The molecule has 4 saturated carbocycles. The molecule has 0 aliphatic heterocycles. The molecule has 5 heteroatoms. The predicted molar refractivity (Wildman–Crippen MR) is 92.7 cm³/mol. The summed E-state index contributed by atoms with van der Waals surface area (Å²) in [6.07, 6.45) is 5.25. The lowest BCUT2D eigenvalue weighted by atomic mass is 9.48. The molecule has 0 spiro atoms. The quantitative estimate of drug-likeness (QED) is 0.610. The van der Waals surface area contributed by atoms with Crippen LogP contribution in [0.5, 0.6) is 5.75 Å². The highest BCUT2D eigenvalue weighted by Gasteiger charge is 2.60. The van der Waals surface area contributed by atoms with Gasteiger partial charge in [-0.2, -0.15) is 0 Å². The monoisotopic (exact) mass is 394 g/mol. The summed E-state index contributed by atoms with van der Waals surface area (Å²) in [5.41, 5.74) is -1.08. The summed E-state index contributed by atoms with van der Waals surface area (Å²) in [6.45, 7) is 0.594. The van der Waals surface area contributed by atoms with Crippen LogP contribution in [0.15, 0.2) is 28.7 Å². The zero-order valence-electron chi connectivity index (χ0n) is 13.7. The molecule has 0 aromatic heterocycles. The van der Waals surface area contributed by atoms with Crippen molar-refractivity contribution >= 4 is 21.9 Å². The molecule has 4 bridgehead atoms. The van der Waals surface area contributed by atoms with Crippen LogP contribution in [-0.4, -0.2) is 29.9 Å². The van der Waals surface area contributed by atoms with E-state index in [-0.39, 0.29) is 12.6 Å². The summed E-state index contributed by atoms with van der Waals surface area (Å²) in [4.78, 5) is 12.7. The normalized spacial score (nSPS) is 36.6. The van der Waals surface area contributed by atoms with Gasteiger partial charge in [0.25, 0.3) is 0 Å². The van der Waals surface area contributed by atoms with Crippen LogP contribution in [0.3, 0.4) is 0 Å². The molecule has 2 atom stereocenters. The Labute approximate surface area is 150 Å². The van der Waals surface area contributed by atoms with Gasteiger partial charge in [-0.25, -0.2) is 0 Å². The number of rotatable bonds is 5. The van der Waals surface area contributed by atoms with Gasteiger partial charge >= 0.3 is 5.97 Å². The Balaban J connectivity index is 1.32. The van der Waals surface area contributed by atoms with Gasteiger partial charge in [0.1, 0.15) is 19.0 Å². The van der Waals surface area contributed by atoms with Crippen molar-refractivity contribution in [2.75, 3.05) is 13.2 Å². The zero-order valence-corrected chi connectivity index (χ0v) is 15.3. The molecule has 0 saturated heterocycles. The van der Waals surface area contributed by atoms with Gasteiger partial charge in [-0.05, 0) is 68.6 Å². The molecular weight excluding hydrogens is 372 g/mol. The fourth-order valence-corrected chi connectivity index (χ4v) is 5.83. The summed E-state index contributed by atoms with van der Waals surface area (Å²) >= 11 is 3.40. The highest BCUT2D eigenvalue weighted by atomic mass is 79.9. The number of ether oxygens (including phenoxy) is 2. The molecule has 0 radical (unpaired) electrons. The van der Waals surface area contributed by atoms with E-state index in [0.29, 0.717) is 24.9 Å². The van der Waals surface area contributed by atoms with E-state index >= 15 is 0 Å². The summed E-state index contributed by atoms with van der Waals surface area (Å²) in [6, 6.07) is 7.60. The number of carbonyl (C=O) groups is 1. The van der Waals surface area contributed by atoms with Crippen LogP contribution in [0.1, 0.15) is 38.5 Å². The van der Waals surface area contributed by atoms with Gasteiger partial charge in [-0.1, -0.05) is 22.0 Å². The Kier molecular flexibility index (Phi) is 4.12. The van der Waals surface area contributed by atoms with Crippen LogP contribution in [-0.2, 0) is 9.53 Å². The van der Waals surface area contributed by atoms with Crippen molar-refractivity contribution < 1.29 is 19.4 Å². The number of esters is 1. The average Bonchev–Trinajstić information content (AvgIpc) is 2.49. The molecule has 1 aromatic rings. The third kappa shape index (κ3) is 3.08. The van der Waals surface area contributed by atoms with Crippen molar-refractivity contribution in [3.8, 4) is 5.75 Å². The number of halogens is 1. The van der Waals surface area contributed by atoms with Gasteiger partial charge in [-0.15, -0.1) is 0 Å². The van der Waals surface area contributed by atoms with Crippen molar-refractivity contribution in [1.82, 2.24) is 0 Å². The van der Waals surface area contributed by atoms with Crippen LogP contribution in [0.25, 0.3) is 0 Å². The molecule has 1 aromatic carbocycles. The first-order valence-electron chi connectivity index (χ1n) is 8.74. The zero-order chi connectivity index (χ0) is 16.8. The Bertz CT molecular complexity index is 630. The molecule has 130 valence electrons. The fourth-order valence-electron chi connectivity index (χ4n) is 5.46. The first-order valence-corrected chi connectivity index (χ1v) is 9.54. The van der Waals surface area contributed by atoms with E-state index in [9.17, 15) is 9.90 Å². The maximum atomic E-state index is 12.7. The summed E-state index contributed by atoms with van der Waals surface area (Å²) in [7, 11) is 0. The average molecular weight is 395 g/mol. The predicted octanol–water partition coefficient (Wildman–Crippen LogP) is 3.70. The standard InChI is InChI=1S/C19H23BrO4/c20-15-2-1-3-16(7-15)23-4-5-24-17(21)18-8-13-6-14(9-18)11-19(22,10-13)12-18/h1-3,7,13-14,22H,4-6,8-12H2. The molecule has 5 rings (SSSR count). The topological polar surface area (TPSA) is 55.8 Å². The first kappa shape index (κ1) is 16.4. The molecule has 4 nitrogen and oxygen atoms in total. The maximum Gasteiger partial charge on any atom is 0.312 e. The summed E-state index contributed by atoms with van der Waals surface area (Å²) < 4.78 is 12.1. The minimum atomic E-state index is -0.629. The van der Waals surface area contributed by atoms with Crippen LogP contribution in [0, 0.1) is 17.3 Å². The van der Waals surface area contributed by atoms with E-state index in [1.165, 1.54) is 6.42 Å². The molecule has 4 fully saturated rings. The van der Waals surface area contributed by atoms with Crippen LogP contribution in [0.2, 0.25) is 0 Å². The highest BCUT2D eigenvalue weighted by Crippen LogP contribution is 2.61. The molecule has 24 heavy (non-hydrogen) atoms. The minimum absolute atomic E-state index is 0.132. The largest absolute Gasteiger partial charge is 0.490 e. The molecule has 4 aliphatic carbocycles. The second-order valence-electron chi connectivity index (χ2n) is 7.91. The Morgan fingerprint density at radius 3 is 2.62 bits per heavy atom. The first-order chi connectivity index (χ1) is 11.5.